The smallest absolute Gasteiger partial charge is 0.208 e. The van der Waals surface area contributed by atoms with Crippen molar-refractivity contribution < 1.29 is 4.79 Å². The summed E-state index contributed by atoms with van der Waals surface area (Å²) in [6.07, 6.45) is 6.92. The van der Waals surface area contributed by atoms with E-state index >= 15 is 0 Å². The Morgan fingerprint density at radius 2 is 1.91 bits per heavy atom. The second-order valence-electron chi connectivity index (χ2n) is 9.75. The first-order valence-corrected chi connectivity index (χ1v) is 13.2. The Balaban J connectivity index is 1.40. The van der Waals surface area contributed by atoms with Gasteiger partial charge >= 0.3 is 0 Å². The summed E-state index contributed by atoms with van der Waals surface area (Å²) in [5.41, 5.74) is 2.46. The van der Waals surface area contributed by atoms with Gasteiger partial charge in [-0.1, -0.05) is 56.7 Å². The zero-order valence-electron chi connectivity index (χ0n) is 20.2. The molecule has 1 aromatic carbocycles. The van der Waals surface area contributed by atoms with Crippen molar-refractivity contribution >= 4 is 33.2 Å². The van der Waals surface area contributed by atoms with E-state index in [-0.39, 0.29) is 5.78 Å². The van der Waals surface area contributed by atoms with Gasteiger partial charge in [-0.15, -0.1) is 10.2 Å². The number of nitrogens with one attached hydrogen (secondary N) is 1. The number of nitrogens with zero attached hydrogens (tertiary/aromatic N) is 4. The molecule has 1 saturated heterocycles. The van der Waals surface area contributed by atoms with E-state index in [1.54, 1.807) is 0 Å². The molecule has 178 valence electrons. The number of benzene rings is 1. The lowest BCUT2D eigenvalue weighted by Crippen LogP contribution is -2.46. The molecule has 1 unspecified atom stereocenters. The predicted molar refractivity (Wildman–Crippen MR) is 137 cm³/mol. The fraction of sp³-hybridized carbons (Fsp3) is 0.577. The van der Waals surface area contributed by atoms with E-state index in [0.29, 0.717) is 23.3 Å². The Bertz CT molecular complexity index is 1030. The molecule has 1 N–H and O–H groups in total. The molecule has 0 bridgehead atoms. The van der Waals surface area contributed by atoms with Crippen LogP contribution in [0.2, 0.25) is 0 Å². The number of H-pyrrole nitrogens is 1. The Morgan fingerprint density at radius 3 is 2.67 bits per heavy atom. The lowest BCUT2D eigenvalue weighted by molar-refractivity contribution is 0.0956. The maximum atomic E-state index is 13.2. The maximum Gasteiger partial charge on any atom is 0.208 e. The Labute approximate surface area is 201 Å². The number of rotatable bonds is 11. The minimum atomic E-state index is 0.136. The van der Waals surface area contributed by atoms with Gasteiger partial charge in [0.05, 0.1) is 0 Å². The van der Waals surface area contributed by atoms with Crippen molar-refractivity contribution in [2.75, 3.05) is 37.6 Å². The average Bonchev–Trinajstić information content (AvgIpc) is 3.46. The highest BCUT2D eigenvalue weighted by atomic mass is 32.1. The first-order valence-electron chi connectivity index (χ1n) is 12.4. The quantitative estimate of drug-likeness (QED) is 0.382. The van der Waals surface area contributed by atoms with Crippen LogP contribution >= 0.6 is 11.3 Å². The molecule has 6 nitrogen and oxygen atoms in total. The summed E-state index contributed by atoms with van der Waals surface area (Å²) in [5, 5.41) is 11.4. The number of hydrogen-bond acceptors (Lipinski definition) is 6. The minimum Gasteiger partial charge on any atom is -0.361 e. The Hall–Kier alpha value is -2.25. The van der Waals surface area contributed by atoms with Crippen molar-refractivity contribution in [2.45, 2.75) is 52.9 Å². The highest BCUT2D eigenvalue weighted by Crippen LogP contribution is 2.28. The monoisotopic (exact) mass is 467 g/mol. The van der Waals surface area contributed by atoms with Crippen molar-refractivity contribution in [1.82, 2.24) is 20.1 Å². The molecule has 0 aliphatic carbocycles. The fourth-order valence-corrected chi connectivity index (χ4v) is 5.59. The number of Topliss-reactive ketones (excluding diaryl/α,β-unsaturated/α-hetero) is 1. The average molecular weight is 468 g/mol. The van der Waals surface area contributed by atoms with E-state index in [2.05, 4.69) is 76.2 Å². The van der Waals surface area contributed by atoms with Crippen molar-refractivity contribution in [3.8, 4) is 0 Å². The van der Waals surface area contributed by atoms with Crippen LogP contribution < -0.4 is 4.90 Å². The van der Waals surface area contributed by atoms with Gasteiger partial charge in [-0.25, -0.2) is 0 Å². The van der Waals surface area contributed by atoms with Gasteiger partial charge in [0.1, 0.15) is 0 Å². The van der Waals surface area contributed by atoms with Gasteiger partial charge in [-0.3, -0.25) is 9.69 Å². The number of fused-ring (bicyclic) bond motifs is 1. The van der Waals surface area contributed by atoms with E-state index in [0.717, 1.165) is 62.6 Å². The fourth-order valence-electron chi connectivity index (χ4n) is 4.74. The highest BCUT2D eigenvalue weighted by Gasteiger charge is 2.24. The van der Waals surface area contributed by atoms with Crippen molar-refractivity contribution in [3.63, 3.8) is 0 Å². The third kappa shape index (κ3) is 6.21. The second-order valence-corrected chi connectivity index (χ2v) is 10.7. The van der Waals surface area contributed by atoms with E-state index in [4.69, 9.17) is 0 Å². The summed E-state index contributed by atoms with van der Waals surface area (Å²) in [5.74, 6) is 1.08. The molecular weight excluding hydrogens is 430 g/mol. The minimum absolute atomic E-state index is 0.136. The molecule has 33 heavy (non-hydrogen) atoms. The molecule has 1 aliphatic heterocycles. The molecule has 0 amide bonds. The number of ketones is 1. The van der Waals surface area contributed by atoms with Crippen molar-refractivity contribution in [1.29, 1.82) is 0 Å². The van der Waals surface area contributed by atoms with Crippen molar-refractivity contribution in [3.05, 3.63) is 41.0 Å². The standard InChI is InChI=1S/C26H37N5OS/c1-4-11-30-12-14-31(15-13-30)26-29-28-25(33-26)24(32)17-20(10-9-19(2)3)16-21-18-27-23-8-6-5-7-22(21)23/h5-8,18-20,27H,4,9-17H2,1-3H3. The number of para-hydroxylation sites is 1. The molecule has 0 saturated carbocycles. The third-order valence-corrected chi connectivity index (χ3v) is 7.67. The lowest BCUT2D eigenvalue weighted by atomic mass is 9.88. The van der Waals surface area contributed by atoms with Gasteiger partial charge in [0.15, 0.2) is 10.8 Å². The molecule has 0 spiro atoms. The van der Waals surface area contributed by atoms with Crippen LogP contribution in [0.25, 0.3) is 10.9 Å². The number of aromatic nitrogens is 3. The summed E-state index contributed by atoms with van der Waals surface area (Å²) in [6, 6.07) is 8.41. The first kappa shape index (κ1) is 23.9. The van der Waals surface area contributed by atoms with E-state index < -0.39 is 0 Å². The Morgan fingerprint density at radius 1 is 1.12 bits per heavy atom. The normalized spacial score (nSPS) is 16.1. The molecule has 7 heteroatoms. The molecule has 0 radical (unpaired) electrons. The van der Waals surface area contributed by atoms with Gasteiger partial charge in [-0.2, -0.15) is 0 Å². The molecule has 4 rings (SSSR count). The molecular formula is C26H37N5OS. The lowest BCUT2D eigenvalue weighted by Gasteiger charge is -2.34. The number of aromatic amines is 1. The van der Waals surface area contributed by atoms with Gasteiger partial charge in [0, 0.05) is 49.7 Å². The van der Waals surface area contributed by atoms with Crippen LogP contribution in [0.5, 0.6) is 0 Å². The SMILES string of the molecule is CCCN1CCN(c2nnc(C(=O)CC(CCC(C)C)Cc3c[nH]c4ccccc34)s2)CC1. The van der Waals surface area contributed by atoms with Gasteiger partial charge in [0.25, 0.3) is 0 Å². The van der Waals surface area contributed by atoms with E-state index in [1.165, 1.54) is 28.7 Å². The topological polar surface area (TPSA) is 65.1 Å². The molecule has 1 aliphatic rings. The van der Waals surface area contributed by atoms with Crippen molar-refractivity contribution in [2.24, 2.45) is 11.8 Å². The second kappa shape index (κ2) is 11.3. The number of hydrogen-bond donors (Lipinski definition) is 1. The molecule has 3 aromatic rings. The molecule has 3 heterocycles. The summed E-state index contributed by atoms with van der Waals surface area (Å²) in [4.78, 5) is 21.4. The third-order valence-electron chi connectivity index (χ3n) is 6.65. The van der Waals surface area contributed by atoms with Crippen LogP contribution in [0.15, 0.2) is 30.5 Å². The van der Waals surface area contributed by atoms with E-state index in [1.807, 2.05) is 0 Å². The Kier molecular flexibility index (Phi) is 8.15. The summed E-state index contributed by atoms with van der Waals surface area (Å²) in [6.45, 7) is 11.9. The van der Waals surface area contributed by atoms with Crippen LogP contribution in [-0.2, 0) is 6.42 Å². The molecule has 1 atom stereocenters. The molecule has 1 fully saturated rings. The largest absolute Gasteiger partial charge is 0.361 e. The highest BCUT2D eigenvalue weighted by molar-refractivity contribution is 7.17. The van der Waals surface area contributed by atoms with Gasteiger partial charge in [0.2, 0.25) is 5.13 Å². The first-order chi connectivity index (χ1) is 16.0. The van der Waals surface area contributed by atoms with Gasteiger partial charge < -0.3 is 9.88 Å². The summed E-state index contributed by atoms with van der Waals surface area (Å²) < 4.78 is 0. The summed E-state index contributed by atoms with van der Waals surface area (Å²) in [7, 11) is 0. The number of anilines is 1. The number of carbonyl (C=O) groups is 1. The van der Waals surface area contributed by atoms with Gasteiger partial charge in [-0.05, 0) is 49.3 Å². The molecule has 2 aromatic heterocycles. The van der Waals surface area contributed by atoms with E-state index in [9.17, 15) is 4.79 Å². The van der Waals surface area contributed by atoms with Crippen LogP contribution in [0.1, 0.15) is 61.8 Å². The summed E-state index contributed by atoms with van der Waals surface area (Å²) >= 11 is 1.47. The zero-order valence-corrected chi connectivity index (χ0v) is 21.0. The van der Waals surface area contributed by atoms with Crippen LogP contribution in [0.4, 0.5) is 5.13 Å². The zero-order chi connectivity index (χ0) is 23.2. The van der Waals surface area contributed by atoms with Crippen LogP contribution in [0.3, 0.4) is 0 Å². The maximum absolute atomic E-state index is 13.2. The van der Waals surface area contributed by atoms with Crippen LogP contribution in [0, 0.1) is 11.8 Å². The predicted octanol–water partition coefficient (Wildman–Crippen LogP) is 5.42. The van der Waals surface area contributed by atoms with Crippen LogP contribution in [-0.4, -0.2) is 58.6 Å². The number of piperazine rings is 1. The number of carbonyl (C=O) groups excluding carboxylic acids is 1.